The fourth-order valence-electron chi connectivity index (χ4n) is 3.38. The van der Waals surface area contributed by atoms with Gasteiger partial charge in [-0.25, -0.2) is 0 Å². The van der Waals surface area contributed by atoms with Gasteiger partial charge in [-0.3, -0.25) is 14.4 Å². The molecule has 3 amide bonds. The third kappa shape index (κ3) is 2.88. The zero-order chi connectivity index (χ0) is 14.8. The van der Waals surface area contributed by atoms with Crippen LogP contribution >= 0.6 is 0 Å². The number of hydrogen-bond donors (Lipinski definition) is 2. The third-order valence-corrected chi connectivity index (χ3v) is 4.54. The molecule has 2 unspecified atom stereocenters. The van der Waals surface area contributed by atoms with E-state index >= 15 is 0 Å². The molecule has 7 heteroatoms. The molecule has 0 aliphatic carbocycles. The van der Waals surface area contributed by atoms with E-state index in [0.717, 1.165) is 25.9 Å². The molecular weight excluding hydrogens is 272 g/mol. The van der Waals surface area contributed by atoms with Crippen LogP contribution in [0.3, 0.4) is 0 Å². The fourth-order valence-corrected chi connectivity index (χ4v) is 3.38. The Balaban J connectivity index is 1.65. The largest absolute Gasteiger partial charge is 0.344 e. The van der Waals surface area contributed by atoms with Gasteiger partial charge in [0.1, 0.15) is 12.1 Å². The molecule has 116 valence electrons. The van der Waals surface area contributed by atoms with Crippen molar-refractivity contribution < 1.29 is 14.4 Å². The summed E-state index contributed by atoms with van der Waals surface area (Å²) in [4.78, 5) is 39.9. The fraction of sp³-hybridized carbons (Fsp3) is 0.786. The van der Waals surface area contributed by atoms with Crippen LogP contribution in [0.4, 0.5) is 0 Å². The monoisotopic (exact) mass is 294 g/mol. The second kappa shape index (κ2) is 6.01. The summed E-state index contributed by atoms with van der Waals surface area (Å²) >= 11 is 0. The van der Waals surface area contributed by atoms with Crippen molar-refractivity contribution in [3.63, 3.8) is 0 Å². The number of carbonyl (C=O) groups is 3. The molecule has 3 saturated heterocycles. The molecule has 0 aromatic heterocycles. The summed E-state index contributed by atoms with van der Waals surface area (Å²) < 4.78 is 0. The Morgan fingerprint density at radius 1 is 1.05 bits per heavy atom. The predicted molar refractivity (Wildman–Crippen MR) is 75.3 cm³/mol. The van der Waals surface area contributed by atoms with Crippen molar-refractivity contribution in [1.29, 1.82) is 0 Å². The number of rotatable bonds is 2. The van der Waals surface area contributed by atoms with Crippen LogP contribution in [0.15, 0.2) is 0 Å². The Kier molecular flexibility index (Phi) is 4.10. The standard InChI is InChI=1S/C14H22N4O3/c19-12-4-3-10(16-12)13(20)18-7-1-2-11(18)14(21)17-8-5-15-6-9-17/h10-11,15H,1-9H2,(H,16,19). The lowest BCUT2D eigenvalue weighted by atomic mass is 10.1. The number of nitrogens with zero attached hydrogens (tertiary/aromatic N) is 2. The Hall–Kier alpha value is -1.63. The van der Waals surface area contributed by atoms with Crippen LogP contribution in [0, 0.1) is 0 Å². The van der Waals surface area contributed by atoms with Gasteiger partial charge >= 0.3 is 0 Å². The zero-order valence-electron chi connectivity index (χ0n) is 12.1. The van der Waals surface area contributed by atoms with Crippen LogP contribution in [-0.4, -0.2) is 72.3 Å². The summed E-state index contributed by atoms with van der Waals surface area (Å²) in [6, 6.07) is -0.776. The van der Waals surface area contributed by atoms with Crippen LogP contribution < -0.4 is 10.6 Å². The molecule has 0 radical (unpaired) electrons. The lowest BCUT2D eigenvalue weighted by molar-refractivity contribution is -0.145. The highest BCUT2D eigenvalue weighted by atomic mass is 16.2. The Morgan fingerprint density at radius 3 is 2.48 bits per heavy atom. The second-order valence-corrected chi connectivity index (χ2v) is 5.92. The molecule has 3 aliphatic heterocycles. The Morgan fingerprint density at radius 2 is 1.81 bits per heavy atom. The zero-order valence-corrected chi connectivity index (χ0v) is 12.1. The maximum absolute atomic E-state index is 12.6. The van der Waals surface area contributed by atoms with Crippen molar-refractivity contribution in [3.05, 3.63) is 0 Å². The lowest BCUT2D eigenvalue weighted by Gasteiger charge is -2.33. The third-order valence-electron chi connectivity index (χ3n) is 4.54. The second-order valence-electron chi connectivity index (χ2n) is 5.92. The summed E-state index contributed by atoms with van der Waals surface area (Å²) in [5, 5.41) is 5.93. The number of nitrogens with one attached hydrogen (secondary N) is 2. The van der Waals surface area contributed by atoms with Crippen LogP contribution in [0.5, 0.6) is 0 Å². The van der Waals surface area contributed by atoms with E-state index in [1.54, 1.807) is 4.90 Å². The van der Waals surface area contributed by atoms with E-state index in [4.69, 9.17) is 0 Å². The van der Waals surface area contributed by atoms with Crippen molar-refractivity contribution in [3.8, 4) is 0 Å². The molecule has 2 N–H and O–H groups in total. The normalized spacial score (nSPS) is 29.6. The smallest absolute Gasteiger partial charge is 0.245 e. The van der Waals surface area contributed by atoms with Gasteiger partial charge in [-0.1, -0.05) is 0 Å². The molecule has 0 spiro atoms. The number of likely N-dealkylation sites (tertiary alicyclic amines) is 1. The maximum atomic E-state index is 12.6. The Bertz CT molecular complexity index is 448. The number of piperazine rings is 1. The molecule has 3 fully saturated rings. The average Bonchev–Trinajstić information content (AvgIpc) is 3.15. The van der Waals surface area contributed by atoms with Gasteiger partial charge in [-0.15, -0.1) is 0 Å². The molecule has 0 aromatic carbocycles. The lowest BCUT2D eigenvalue weighted by Crippen LogP contribution is -2.55. The first-order chi connectivity index (χ1) is 10.2. The van der Waals surface area contributed by atoms with Gasteiger partial charge in [0.15, 0.2) is 0 Å². The van der Waals surface area contributed by atoms with Gasteiger partial charge in [0.25, 0.3) is 0 Å². The minimum absolute atomic E-state index is 0.0617. The highest BCUT2D eigenvalue weighted by Gasteiger charge is 2.40. The topological polar surface area (TPSA) is 81.8 Å². The first kappa shape index (κ1) is 14.3. The molecule has 0 bridgehead atoms. The summed E-state index contributed by atoms with van der Waals surface area (Å²) in [5.74, 6) is -0.101. The average molecular weight is 294 g/mol. The van der Waals surface area contributed by atoms with Crippen molar-refractivity contribution in [1.82, 2.24) is 20.4 Å². The summed E-state index contributed by atoms with van der Waals surface area (Å²) in [7, 11) is 0. The highest BCUT2D eigenvalue weighted by Crippen LogP contribution is 2.22. The highest BCUT2D eigenvalue weighted by molar-refractivity contribution is 5.94. The number of amides is 3. The van der Waals surface area contributed by atoms with E-state index in [-0.39, 0.29) is 23.8 Å². The molecule has 3 rings (SSSR count). The minimum Gasteiger partial charge on any atom is -0.344 e. The van der Waals surface area contributed by atoms with Gasteiger partial charge in [-0.05, 0) is 19.3 Å². The van der Waals surface area contributed by atoms with E-state index in [1.165, 1.54) is 0 Å². The molecular formula is C14H22N4O3. The number of hydrogen-bond acceptors (Lipinski definition) is 4. The first-order valence-electron chi connectivity index (χ1n) is 7.76. The first-order valence-corrected chi connectivity index (χ1v) is 7.76. The van der Waals surface area contributed by atoms with Crippen LogP contribution in [0.1, 0.15) is 25.7 Å². The summed E-state index contributed by atoms with van der Waals surface area (Å²) in [5.41, 5.74) is 0. The molecule has 21 heavy (non-hydrogen) atoms. The van der Waals surface area contributed by atoms with E-state index < -0.39 is 6.04 Å². The van der Waals surface area contributed by atoms with Crippen LogP contribution in [0.25, 0.3) is 0 Å². The maximum Gasteiger partial charge on any atom is 0.245 e. The predicted octanol–water partition coefficient (Wildman–Crippen LogP) is -1.31. The number of carbonyl (C=O) groups excluding carboxylic acids is 3. The van der Waals surface area contributed by atoms with Crippen LogP contribution in [0.2, 0.25) is 0 Å². The molecule has 0 aromatic rings. The quantitative estimate of drug-likeness (QED) is 0.662. The van der Waals surface area contributed by atoms with Crippen molar-refractivity contribution in [2.45, 2.75) is 37.8 Å². The minimum atomic E-state index is -0.436. The van der Waals surface area contributed by atoms with E-state index in [1.807, 2.05) is 4.90 Å². The van der Waals surface area contributed by atoms with E-state index in [9.17, 15) is 14.4 Å². The van der Waals surface area contributed by atoms with Gasteiger partial charge in [-0.2, -0.15) is 0 Å². The van der Waals surface area contributed by atoms with Gasteiger partial charge in [0.2, 0.25) is 17.7 Å². The Labute approximate surface area is 124 Å². The van der Waals surface area contributed by atoms with Crippen molar-refractivity contribution >= 4 is 17.7 Å². The molecule has 7 nitrogen and oxygen atoms in total. The molecule has 3 aliphatic rings. The summed E-state index contributed by atoms with van der Waals surface area (Å²) in [6.45, 7) is 3.65. The molecule has 0 saturated carbocycles. The SMILES string of the molecule is O=C1CCC(C(=O)N2CCCC2C(=O)N2CCNCC2)N1. The van der Waals surface area contributed by atoms with Gasteiger partial charge in [0, 0.05) is 39.1 Å². The molecule has 2 atom stereocenters. The van der Waals surface area contributed by atoms with E-state index in [2.05, 4.69) is 10.6 Å². The molecule has 3 heterocycles. The van der Waals surface area contributed by atoms with Crippen molar-refractivity contribution in [2.75, 3.05) is 32.7 Å². The van der Waals surface area contributed by atoms with Gasteiger partial charge < -0.3 is 20.4 Å². The van der Waals surface area contributed by atoms with E-state index in [0.29, 0.717) is 32.5 Å². The summed E-state index contributed by atoms with van der Waals surface area (Å²) in [6.07, 6.45) is 2.54. The van der Waals surface area contributed by atoms with Crippen molar-refractivity contribution in [2.24, 2.45) is 0 Å². The van der Waals surface area contributed by atoms with Crippen LogP contribution in [-0.2, 0) is 14.4 Å². The van der Waals surface area contributed by atoms with Gasteiger partial charge in [0.05, 0.1) is 0 Å².